The smallest absolute Gasteiger partial charge is 0.247 e. The number of hydrogen-bond donors (Lipinski definition) is 0. The minimum absolute atomic E-state index is 0.270. The summed E-state index contributed by atoms with van der Waals surface area (Å²) in [7, 11) is 0. The second kappa shape index (κ2) is 6.38. The minimum atomic E-state index is -0.473. The van der Waals surface area contributed by atoms with Crippen molar-refractivity contribution in [3.63, 3.8) is 0 Å². The Hall–Kier alpha value is -1.58. The van der Waals surface area contributed by atoms with Gasteiger partial charge in [-0.2, -0.15) is 0 Å². The van der Waals surface area contributed by atoms with Crippen molar-refractivity contribution in [1.29, 1.82) is 0 Å². The van der Waals surface area contributed by atoms with Crippen LogP contribution in [0.15, 0.2) is 24.3 Å². The Morgan fingerprint density at radius 3 is 1.61 bits per heavy atom. The summed E-state index contributed by atoms with van der Waals surface area (Å²) in [6, 6.07) is 0. The topological polar surface area (TPSA) is 52.6 Å². The lowest BCUT2D eigenvalue weighted by atomic mass is 9.96. The van der Waals surface area contributed by atoms with Crippen molar-refractivity contribution in [2.24, 2.45) is 11.8 Å². The van der Waals surface area contributed by atoms with E-state index in [2.05, 4.69) is 9.78 Å². The van der Waals surface area contributed by atoms with Gasteiger partial charge in [-0.3, -0.25) is 0 Å². The summed E-state index contributed by atoms with van der Waals surface area (Å²) < 4.78 is 0. The quantitative estimate of drug-likeness (QED) is 0.429. The van der Waals surface area contributed by atoms with Gasteiger partial charge in [0, 0.05) is 0 Å². The van der Waals surface area contributed by atoms with Crippen LogP contribution in [0.3, 0.4) is 0 Å². The highest BCUT2D eigenvalue weighted by molar-refractivity contribution is 5.77. The Labute approximate surface area is 107 Å². The van der Waals surface area contributed by atoms with Gasteiger partial charge in [-0.05, 0) is 38.5 Å². The van der Waals surface area contributed by atoms with Crippen LogP contribution < -0.4 is 0 Å². The summed E-state index contributed by atoms with van der Waals surface area (Å²) in [6.45, 7) is 0. The average molecular weight is 250 g/mol. The van der Waals surface area contributed by atoms with E-state index in [1.807, 2.05) is 24.3 Å². The Bertz CT molecular complexity index is 334. The standard InChI is InChI=1S/C14H18O4/c15-13(11-7-3-1-4-8-11)17-18-14(16)12-9-5-2-6-10-12/h3,5,7,9,11-12H,1-2,4,6,8,10H2. The van der Waals surface area contributed by atoms with Gasteiger partial charge in [-0.25, -0.2) is 19.4 Å². The molecule has 0 amide bonds. The summed E-state index contributed by atoms with van der Waals surface area (Å²) in [6.07, 6.45) is 13.0. The number of carbonyl (C=O) groups excluding carboxylic acids is 2. The van der Waals surface area contributed by atoms with Crippen molar-refractivity contribution in [3.05, 3.63) is 24.3 Å². The molecule has 0 saturated heterocycles. The Morgan fingerprint density at radius 1 is 0.833 bits per heavy atom. The summed E-state index contributed by atoms with van der Waals surface area (Å²) in [5, 5.41) is 0. The van der Waals surface area contributed by atoms with E-state index in [9.17, 15) is 9.59 Å². The van der Waals surface area contributed by atoms with Gasteiger partial charge in [0.05, 0.1) is 11.8 Å². The predicted octanol–water partition coefficient (Wildman–Crippen LogP) is 2.70. The number of hydrogen-bond acceptors (Lipinski definition) is 4. The van der Waals surface area contributed by atoms with E-state index >= 15 is 0 Å². The van der Waals surface area contributed by atoms with Crippen LogP contribution in [0.4, 0.5) is 0 Å². The lowest BCUT2D eigenvalue weighted by Gasteiger charge is -2.16. The summed E-state index contributed by atoms with van der Waals surface area (Å²) >= 11 is 0. The number of carbonyl (C=O) groups is 2. The zero-order valence-corrected chi connectivity index (χ0v) is 10.3. The molecule has 4 heteroatoms. The van der Waals surface area contributed by atoms with Gasteiger partial charge >= 0.3 is 11.9 Å². The van der Waals surface area contributed by atoms with Gasteiger partial charge in [0.25, 0.3) is 0 Å². The minimum Gasteiger partial charge on any atom is -0.247 e. The SMILES string of the molecule is O=C(OOC(=O)C1C=CCCC1)C1C=CCCC1. The van der Waals surface area contributed by atoms with E-state index in [0.717, 1.165) is 38.5 Å². The fourth-order valence-corrected chi connectivity index (χ4v) is 2.22. The molecule has 0 spiro atoms. The first-order valence-electron chi connectivity index (χ1n) is 6.53. The van der Waals surface area contributed by atoms with E-state index in [-0.39, 0.29) is 11.8 Å². The van der Waals surface area contributed by atoms with E-state index in [1.165, 1.54) is 0 Å². The maximum Gasteiger partial charge on any atom is 0.362 e. The van der Waals surface area contributed by atoms with Gasteiger partial charge in [-0.15, -0.1) is 0 Å². The molecule has 0 aromatic rings. The predicted molar refractivity (Wildman–Crippen MR) is 65.1 cm³/mol. The summed E-state index contributed by atoms with van der Waals surface area (Å²) in [5.74, 6) is -1.49. The number of allylic oxidation sites excluding steroid dienone is 2. The first kappa shape index (κ1) is 12.9. The fourth-order valence-electron chi connectivity index (χ4n) is 2.22. The molecule has 2 aliphatic rings. The molecule has 2 aliphatic carbocycles. The van der Waals surface area contributed by atoms with Gasteiger partial charge in [0.1, 0.15) is 0 Å². The van der Waals surface area contributed by atoms with Crippen LogP contribution in [0.25, 0.3) is 0 Å². The molecule has 2 atom stereocenters. The molecule has 0 bridgehead atoms. The highest BCUT2D eigenvalue weighted by Crippen LogP contribution is 2.20. The van der Waals surface area contributed by atoms with Crippen LogP contribution in [-0.2, 0) is 19.4 Å². The number of rotatable bonds is 2. The Kier molecular flexibility index (Phi) is 4.56. The molecule has 0 radical (unpaired) electrons. The lowest BCUT2D eigenvalue weighted by Crippen LogP contribution is -2.23. The van der Waals surface area contributed by atoms with Gasteiger partial charge in [0.15, 0.2) is 0 Å². The molecule has 2 unspecified atom stereocenters. The summed E-state index contributed by atoms with van der Waals surface area (Å²) in [4.78, 5) is 32.5. The second-order valence-electron chi connectivity index (χ2n) is 4.74. The van der Waals surface area contributed by atoms with Crippen molar-refractivity contribution in [3.8, 4) is 0 Å². The third kappa shape index (κ3) is 3.45. The molecular weight excluding hydrogens is 232 g/mol. The third-order valence-corrected chi connectivity index (χ3v) is 3.32. The van der Waals surface area contributed by atoms with Gasteiger partial charge < -0.3 is 0 Å². The zero-order valence-electron chi connectivity index (χ0n) is 10.3. The van der Waals surface area contributed by atoms with Gasteiger partial charge in [-0.1, -0.05) is 24.3 Å². The molecule has 0 fully saturated rings. The van der Waals surface area contributed by atoms with Crippen LogP contribution in [0.2, 0.25) is 0 Å². The van der Waals surface area contributed by atoms with Crippen molar-refractivity contribution in [2.45, 2.75) is 38.5 Å². The van der Waals surface area contributed by atoms with Crippen LogP contribution in [0.1, 0.15) is 38.5 Å². The molecule has 0 N–H and O–H groups in total. The van der Waals surface area contributed by atoms with Crippen molar-refractivity contribution in [1.82, 2.24) is 0 Å². The molecule has 4 nitrogen and oxygen atoms in total. The largest absolute Gasteiger partial charge is 0.362 e. The van der Waals surface area contributed by atoms with Crippen molar-refractivity contribution >= 4 is 11.9 Å². The van der Waals surface area contributed by atoms with Crippen LogP contribution in [0, 0.1) is 11.8 Å². The third-order valence-electron chi connectivity index (χ3n) is 3.32. The van der Waals surface area contributed by atoms with Gasteiger partial charge in [0.2, 0.25) is 0 Å². The monoisotopic (exact) mass is 250 g/mol. The molecule has 0 heterocycles. The zero-order chi connectivity index (χ0) is 12.8. The fraction of sp³-hybridized carbons (Fsp3) is 0.571. The molecule has 0 aromatic carbocycles. The molecule has 0 aromatic heterocycles. The average Bonchev–Trinajstić information content (AvgIpc) is 2.46. The highest BCUT2D eigenvalue weighted by Gasteiger charge is 2.24. The van der Waals surface area contributed by atoms with E-state index in [4.69, 9.17) is 0 Å². The van der Waals surface area contributed by atoms with E-state index in [1.54, 1.807) is 0 Å². The Morgan fingerprint density at radius 2 is 1.28 bits per heavy atom. The van der Waals surface area contributed by atoms with Crippen molar-refractivity contribution < 1.29 is 19.4 Å². The maximum absolute atomic E-state index is 11.6. The Balaban J connectivity index is 1.76. The molecule has 98 valence electrons. The molecule has 0 aliphatic heterocycles. The van der Waals surface area contributed by atoms with E-state index < -0.39 is 11.9 Å². The van der Waals surface area contributed by atoms with Crippen LogP contribution in [-0.4, -0.2) is 11.9 Å². The first-order chi connectivity index (χ1) is 8.77. The molecule has 18 heavy (non-hydrogen) atoms. The normalized spacial score (nSPS) is 26.7. The summed E-state index contributed by atoms with van der Waals surface area (Å²) in [5.41, 5.74) is 0. The highest BCUT2D eigenvalue weighted by atomic mass is 17.2. The van der Waals surface area contributed by atoms with E-state index in [0.29, 0.717) is 0 Å². The molecule has 0 saturated carbocycles. The molecule has 2 rings (SSSR count). The second-order valence-corrected chi connectivity index (χ2v) is 4.74. The van der Waals surface area contributed by atoms with Crippen LogP contribution in [0.5, 0.6) is 0 Å². The first-order valence-corrected chi connectivity index (χ1v) is 6.53. The maximum atomic E-state index is 11.6. The van der Waals surface area contributed by atoms with Crippen LogP contribution >= 0.6 is 0 Å². The lowest BCUT2D eigenvalue weighted by molar-refractivity contribution is -0.263. The van der Waals surface area contributed by atoms with Crippen molar-refractivity contribution in [2.75, 3.05) is 0 Å². The molecular formula is C14H18O4.